The summed E-state index contributed by atoms with van der Waals surface area (Å²) in [6.45, 7) is 2.91. The number of hydrogen-bond donors (Lipinski definition) is 2. The summed E-state index contributed by atoms with van der Waals surface area (Å²) in [5.74, 6) is -0.388. The van der Waals surface area contributed by atoms with Gasteiger partial charge in [0.15, 0.2) is 5.67 Å². The van der Waals surface area contributed by atoms with Crippen molar-refractivity contribution in [1.29, 1.82) is 0 Å². The second-order valence-corrected chi connectivity index (χ2v) is 3.21. The number of rotatable bonds is 6. The number of nitrogens with zero attached hydrogens (tertiary/aromatic N) is 1. The van der Waals surface area contributed by atoms with Gasteiger partial charge < -0.3 is 15.1 Å². The normalized spacial score (nSPS) is 11.5. The van der Waals surface area contributed by atoms with Crippen LogP contribution < -0.4 is 0 Å². The summed E-state index contributed by atoms with van der Waals surface area (Å²) in [6.07, 6.45) is -0.471. The second-order valence-electron chi connectivity index (χ2n) is 3.21. The fourth-order valence-electron chi connectivity index (χ4n) is 1.12. The first-order valence-electron chi connectivity index (χ1n) is 4.71. The molecule has 5 heteroatoms. The first-order valence-corrected chi connectivity index (χ1v) is 4.71. The highest BCUT2D eigenvalue weighted by molar-refractivity contribution is 5.77. The predicted molar refractivity (Wildman–Crippen MR) is 50.6 cm³/mol. The molecule has 0 aliphatic heterocycles. The quantitative estimate of drug-likeness (QED) is 0.641. The van der Waals surface area contributed by atoms with Crippen LogP contribution in [-0.2, 0) is 4.79 Å². The monoisotopic (exact) mass is 207 g/mol. The second kappa shape index (κ2) is 5.93. The van der Waals surface area contributed by atoms with E-state index >= 15 is 0 Å². The number of alkyl halides is 1. The van der Waals surface area contributed by atoms with Gasteiger partial charge in [-0.2, -0.15) is 0 Å². The van der Waals surface area contributed by atoms with Gasteiger partial charge in [0.2, 0.25) is 5.91 Å². The van der Waals surface area contributed by atoms with Crippen LogP contribution in [0.25, 0.3) is 0 Å². The Labute approximate surface area is 83.3 Å². The minimum atomic E-state index is -2.19. The maximum Gasteiger partial charge on any atom is 0.225 e. The van der Waals surface area contributed by atoms with Crippen molar-refractivity contribution >= 4 is 5.91 Å². The average Bonchev–Trinajstić information content (AvgIpc) is 2.19. The smallest absolute Gasteiger partial charge is 0.225 e. The van der Waals surface area contributed by atoms with Gasteiger partial charge in [-0.1, -0.05) is 0 Å². The molecule has 0 aromatic carbocycles. The molecular formula is C9H18FNO3. The van der Waals surface area contributed by atoms with Gasteiger partial charge in [-0.25, -0.2) is 4.39 Å². The first-order chi connectivity index (χ1) is 6.52. The summed E-state index contributed by atoms with van der Waals surface area (Å²) < 4.78 is 13.4. The molecule has 0 heterocycles. The van der Waals surface area contributed by atoms with E-state index in [4.69, 9.17) is 10.2 Å². The lowest BCUT2D eigenvalue weighted by molar-refractivity contribution is -0.136. The molecule has 2 N–H and O–H groups in total. The molecule has 0 rings (SSSR count). The lowest BCUT2D eigenvalue weighted by Crippen LogP contribution is -2.41. The van der Waals surface area contributed by atoms with Gasteiger partial charge in [-0.15, -0.1) is 0 Å². The van der Waals surface area contributed by atoms with E-state index in [-0.39, 0.29) is 5.91 Å². The van der Waals surface area contributed by atoms with E-state index in [0.29, 0.717) is 13.1 Å². The van der Waals surface area contributed by atoms with E-state index in [0.717, 1.165) is 0 Å². The van der Waals surface area contributed by atoms with Gasteiger partial charge in [0.1, 0.15) is 0 Å². The third kappa shape index (κ3) is 3.59. The maximum atomic E-state index is 13.4. The van der Waals surface area contributed by atoms with Gasteiger partial charge >= 0.3 is 0 Å². The number of amides is 1. The largest absolute Gasteiger partial charge is 0.393 e. The van der Waals surface area contributed by atoms with Gasteiger partial charge in [-0.05, 0) is 13.8 Å². The number of carbonyl (C=O) groups is 1. The third-order valence-electron chi connectivity index (χ3n) is 2.15. The summed E-state index contributed by atoms with van der Waals surface area (Å²) in [6, 6.07) is 0. The van der Waals surface area contributed by atoms with Crippen LogP contribution >= 0.6 is 0 Å². The lowest BCUT2D eigenvalue weighted by Gasteiger charge is -2.24. The number of hydrogen-bond acceptors (Lipinski definition) is 3. The zero-order chi connectivity index (χ0) is 11.2. The lowest BCUT2D eigenvalue weighted by atomic mass is 10.0. The van der Waals surface area contributed by atoms with Crippen LogP contribution in [0.1, 0.15) is 20.3 Å². The molecule has 0 radical (unpaired) electrons. The summed E-state index contributed by atoms with van der Waals surface area (Å²) in [4.78, 5) is 12.9. The average molecular weight is 207 g/mol. The Kier molecular flexibility index (Phi) is 5.64. The van der Waals surface area contributed by atoms with E-state index in [9.17, 15) is 9.18 Å². The first kappa shape index (κ1) is 13.3. The number of halogens is 1. The van der Waals surface area contributed by atoms with E-state index in [2.05, 4.69) is 0 Å². The Morgan fingerprint density at radius 1 is 1.29 bits per heavy atom. The fraction of sp³-hybridized carbons (Fsp3) is 0.889. The number of carbonyl (C=O) groups excluding carboxylic acids is 1. The Bertz CT molecular complexity index is 179. The molecule has 0 spiro atoms. The van der Waals surface area contributed by atoms with Crippen molar-refractivity contribution in [2.45, 2.75) is 25.9 Å². The highest BCUT2D eigenvalue weighted by Crippen LogP contribution is 2.16. The van der Waals surface area contributed by atoms with E-state index in [1.807, 2.05) is 0 Å². The molecule has 0 unspecified atom stereocenters. The molecule has 0 aromatic heterocycles. The molecule has 0 saturated heterocycles. The summed E-state index contributed by atoms with van der Waals surface area (Å²) in [7, 11) is 0. The van der Waals surface area contributed by atoms with Crippen molar-refractivity contribution in [3.05, 3.63) is 0 Å². The predicted octanol–water partition coefficient (Wildman–Crippen LogP) is -0.0622. The topological polar surface area (TPSA) is 60.8 Å². The summed E-state index contributed by atoms with van der Waals surface area (Å²) >= 11 is 0. The molecule has 0 bridgehead atoms. The SMILES string of the molecule is CCN(CC)C(=O)CC(F)(CO)CO. The molecule has 0 aromatic rings. The molecule has 0 atom stereocenters. The Morgan fingerprint density at radius 2 is 1.71 bits per heavy atom. The molecule has 4 nitrogen and oxygen atoms in total. The van der Waals surface area contributed by atoms with Crippen LogP contribution in [0.3, 0.4) is 0 Å². The molecule has 1 amide bonds. The van der Waals surface area contributed by atoms with E-state index in [1.165, 1.54) is 4.90 Å². The van der Waals surface area contributed by atoms with Gasteiger partial charge in [0, 0.05) is 13.1 Å². The van der Waals surface area contributed by atoms with E-state index < -0.39 is 25.3 Å². The van der Waals surface area contributed by atoms with Crippen molar-refractivity contribution in [2.75, 3.05) is 26.3 Å². The maximum absolute atomic E-state index is 13.4. The standard InChI is InChI=1S/C9H18FNO3/c1-3-11(4-2)8(14)5-9(10,6-12)7-13/h12-13H,3-7H2,1-2H3. The van der Waals surface area contributed by atoms with Crippen molar-refractivity contribution in [1.82, 2.24) is 4.90 Å². The molecular weight excluding hydrogens is 189 g/mol. The highest BCUT2D eigenvalue weighted by Gasteiger charge is 2.32. The molecule has 84 valence electrons. The van der Waals surface area contributed by atoms with Crippen molar-refractivity contribution in [3.63, 3.8) is 0 Å². The highest BCUT2D eigenvalue weighted by atomic mass is 19.1. The zero-order valence-corrected chi connectivity index (χ0v) is 8.66. The van der Waals surface area contributed by atoms with Gasteiger partial charge in [-0.3, -0.25) is 4.79 Å². The Hall–Kier alpha value is -0.680. The van der Waals surface area contributed by atoms with Crippen LogP contribution in [-0.4, -0.2) is 53.0 Å². The van der Waals surface area contributed by atoms with Gasteiger partial charge in [0.25, 0.3) is 0 Å². The molecule has 0 saturated carbocycles. The summed E-state index contributed by atoms with van der Waals surface area (Å²) in [5, 5.41) is 17.3. The van der Waals surface area contributed by atoms with Crippen LogP contribution in [0, 0.1) is 0 Å². The Balaban J connectivity index is 4.28. The minimum absolute atomic E-state index is 0.388. The van der Waals surface area contributed by atoms with Crippen LogP contribution in [0.4, 0.5) is 4.39 Å². The zero-order valence-electron chi connectivity index (χ0n) is 8.66. The van der Waals surface area contributed by atoms with Crippen molar-refractivity contribution in [2.24, 2.45) is 0 Å². The van der Waals surface area contributed by atoms with Gasteiger partial charge in [0.05, 0.1) is 19.6 Å². The van der Waals surface area contributed by atoms with E-state index in [1.54, 1.807) is 13.8 Å². The molecule has 0 fully saturated rings. The van der Waals surface area contributed by atoms with Crippen LogP contribution in [0.5, 0.6) is 0 Å². The molecule has 0 aliphatic carbocycles. The van der Waals surface area contributed by atoms with Crippen LogP contribution in [0.15, 0.2) is 0 Å². The number of aliphatic hydroxyl groups excluding tert-OH is 2. The third-order valence-corrected chi connectivity index (χ3v) is 2.15. The molecule has 14 heavy (non-hydrogen) atoms. The number of aliphatic hydroxyl groups is 2. The van der Waals surface area contributed by atoms with Crippen molar-refractivity contribution in [3.8, 4) is 0 Å². The minimum Gasteiger partial charge on any atom is -0.393 e. The fourth-order valence-corrected chi connectivity index (χ4v) is 1.12. The molecule has 0 aliphatic rings. The summed E-state index contributed by atoms with van der Waals surface area (Å²) in [5.41, 5.74) is -2.19. The Morgan fingerprint density at radius 3 is 2.00 bits per heavy atom. The van der Waals surface area contributed by atoms with Crippen molar-refractivity contribution < 1.29 is 19.4 Å². The van der Waals surface area contributed by atoms with Crippen LogP contribution in [0.2, 0.25) is 0 Å².